The van der Waals surface area contributed by atoms with Gasteiger partial charge in [0.2, 0.25) is 11.8 Å². The van der Waals surface area contributed by atoms with Gasteiger partial charge in [-0.15, -0.1) is 0 Å². The van der Waals surface area contributed by atoms with Crippen LogP contribution in [0.2, 0.25) is 0 Å². The van der Waals surface area contributed by atoms with Crippen molar-refractivity contribution in [3.8, 4) is 5.75 Å². The number of carbonyl (C=O) groups is 2. The molecule has 2 rings (SSSR count). The molecular formula is C17H24N2O5S. The molecule has 1 saturated heterocycles. The molecule has 0 aliphatic carbocycles. The van der Waals surface area contributed by atoms with Gasteiger partial charge in [-0.2, -0.15) is 0 Å². The molecule has 1 aliphatic heterocycles. The number of ether oxygens (including phenoxy) is 1. The molecular weight excluding hydrogens is 344 g/mol. The Labute approximate surface area is 148 Å². The Bertz CT molecular complexity index is 775. The lowest BCUT2D eigenvalue weighted by Crippen LogP contribution is -2.49. The van der Waals surface area contributed by atoms with Crippen LogP contribution in [0.5, 0.6) is 5.75 Å². The Morgan fingerprint density at radius 3 is 2.68 bits per heavy atom. The molecule has 0 saturated carbocycles. The van der Waals surface area contributed by atoms with E-state index in [4.69, 9.17) is 4.74 Å². The van der Waals surface area contributed by atoms with E-state index in [0.717, 1.165) is 10.7 Å². The molecule has 25 heavy (non-hydrogen) atoms. The Morgan fingerprint density at radius 2 is 2.12 bits per heavy atom. The van der Waals surface area contributed by atoms with Gasteiger partial charge in [0.25, 0.3) is 10.0 Å². The molecule has 0 bridgehead atoms. The van der Waals surface area contributed by atoms with E-state index in [1.54, 1.807) is 6.92 Å². The van der Waals surface area contributed by atoms with Crippen LogP contribution >= 0.6 is 0 Å². The summed E-state index contributed by atoms with van der Waals surface area (Å²) in [6.45, 7) is 5.47. The van der Waals surface area contributed by atoms with Gasteiger partial charge in [0, 0.05) is 12.5 Å². The van der Waals surface area contributed by atoms with Crippen LogP contribution in [0.1, 0.15) is 38.7 Å². The van der Waals surface area contributed by atoms with Crippen molar-refractivity contribution in [1.82, 2.24) is 9.62 Å². The molecule has 1 fully saturated rings. The highest BCUT2D eigenvalue weighted by Crippen LogP contribution is 2.29. The lowest BCUT2D eigenvalue weighted by Gasteiger charge is -2.25. The molecule has 1 N–H and O–H groups in total. The van der Waals surface area contributed by atoms with Crippen LogP contribution in [0.15, 0.2) is 23.1 Å². The fraction of sp³-hybridized carbons (Fsp3) is 0.529. The van der Waals surface area contributed by atoms with Crippen LogP contribution in [-0.2, 0) is 19.6 Å². The van der Waals surface area contributed by atoms with Crippen molar-refractivity contribution >= 4 is 21.8 Å². The van der Waals surface area contributed by atoms with Crippen LogP contribution in [0, 0.1) is 6.92 Å². The molecule has 0 aromatic heterocycles. The molecule has 8 heteroatoms. The lowest BCUT2D eigenvalue weighted by atomic mass is 10.2. The number of carbonyl (C=O) groups excluding carboxylic acids is 2. The van der Waals surface area contributed by atoms with E-state index in [2.05, 4.69) is 5.32 Å². The first-order valence-electron chi connectivity index (χ1n) is 8.24. The average Bonchev–Trinajstić information content (AvgIpc) is 2.97. The van der Waals surface area contributed by atoms with Crippen molar-refractivity contribution in [3.05, 3.63) is 23.8 Å². The summed E-state index contributed by atoms with van der Waals surface area (Å²) in [5.41, 5.74) is 0.635. The largest absolute Gasteiger partial charge is 0.496 e. The minimum Gasteiger partial charge on any atom is -0.496 e. The van der Waals surface area contributed by atoms with E-state index in [0.29, 0.717) is 11.3 Å². The van der Waals surface area contributed by atoms with Crippen LogP contribution in [0.3, 0.4) is 0 Å². The third kappa shape index (κ3) is 3.78. The number of nitrogens with zero attached hydrogens (tertiary/aromatic N) is 1. The normalized spacial score (nSPS) is 19.0. The summed E-state index contributed by atoms with van der Waals surface area (Å²) >= 11 is 0. The SMILES string of the molecule is CC[C@@H](C)NC(=O)[C@@H]1CCC(=O)N1S(=O)(=O)c1ccc(OC)c(C)c1. The zero-order chi connectivity index (χ0) is 18.8. The topological polar surface area (TPSA) is 92.8 Å². The van der Waals surface area contributed by atoms with Gasteiger partial charge in [0.05, 0.1) is 12.0 Å². The monoisotopic (exact) mass is 368 g/mol. The van der Waals surface area contributed by atoms with E-state index in [9.17, 15) is 18.0 Å². The van der Waals surface area contributed by atoms with E-state index >= 15 is 0 Å². The standard InChI is InChI=1S/C17H24N2O5S/c1-5-12(3)18-17(21)14-7-9-16(20)19(14)25(22,23)13-6-8-15(24-4)11(2)10-13/h6,8,10,12,14H,5,7,9H2,1-4H3,(H,18,21)/t12-,14+/m1/s1. The van der Waals surface area contributed by atoms with E-state index in [1.165, 1.54) is 25.3 Å². The molecule has 1 aromatic rings. The van der Waals surface area contributed by atoms with Gasteiger partial charge in [0.15, 0.2) is 0 Å². The van der Waals surface area contributed by atoms with Crippen molar-refractivity contribution in [2.45, 2.75) is 57.0 Å². The number of rotatable bonds is 6. The van der Waals surface area contributed by atoms with Crippen LogP contribution in [0.4, 0.5) is 0 Å². The number of sulfonamides is 1. The smallest absolute Gasteiger partial charge is 0.267 e. The maximum Gasteiger partial charge on any atom is 0.267 e. The number of hydrogen-bond donors (Lipinski definition) is 1. The van der Waals surface area contributed by atoms with E-state index in [-0.39, 0.29) is 23.8 Å². The fourth-order valence-electron chi connectivity index (χ4n) is 2.77. The first-order valence-corrected chi connectivity index (χ1v) is 9.68. The van der Waals surface area contributed by atoms with Gasteiger partial charge < -0.3 is 10.1 Å². The summed E-state index contributed by atoms with van der Waals surface area (Å²) in [7, 11) is -2.61. The van der Waals surface area contributed by atoms with Gasteiger partial charge in [-0.25, -0.2) is 12.7 Å². The first kappa shape index (κ1) is 19.2. The van der Waals surface area contributed by atoms with Crippen molar-refractivity contribution < 1.29 is 22.7 Å². The number of benzene rings is 1. The molecule has 2 amide bonds. The second-order valence-corrected chi connectivity index (χ2v) is 8.01. The summed E-state index contributed by atoms with van der Waals surface area (Å²) in [5.74, 6) is -0.440. The zero-order valence-corrected chi connectivity index (χ0v) is 15.7. The van der Waals surface area contributed by atoms with Crippen LogP contribution in [0.25, 0.3) is 0 Å². The zero-order valence-electron chi connectivity index (χ0n) is 14.9. The highest BCUT2D eigenvalue weighted by Gasteiger charge is 2.44. The van der Waals surface area contributed by atoms with Gasteiger partial charge in [-0.05, 0) is 50.5 Å². The average molecular weight is 368 g/mol. The second kappa shape index (κ2) is 7.43. The van der Waals surface area contributed by atoms with Gasteiger partial charge in [-0.1, -0.05) is 6.92 Å². The Kier molecular flexibility index (Phi) is 5.72. The van der Waals surface area contributed by atoms with Crippen molar-refractivity contribution in [2.75, 3.05) is 7.11 Å². The van der Waals surface area contributed by atoms with Crippen LogP contribution in [-0.4, -0.2) is 43.7 Å². The number of methoxy groups -OCH3 is 1. The summed E-state index contributed by atoms with van der Waals surface area (Å²) in [6, 6.07) is 3.28. The number of aryl methyl sites for hydroxylation is 1. The molecule has 0 spiro atoms. The number of nitrogens with one attached hydrogen (secondary N) is 1. The molecule has 138 valence electrons. The summed E-state index contributed by atoms with van der Waals surface area (Å²) in [6.07, 6.45) is 0.944. The van der Waals surface area contributed by atoms with Gasteiger partial charge in [0.1, 0.15) is 11.8 Å². The van der Waals surface area contributed by atoms with Crippen molar-refractivity contribution in [3.63, 3.8) is 0 Å². The van der Waals surface area contributed by atoms with E-state index in [1.807, 2.05) is 13.8 Å². The Morgan fingerprint density at radius 1 is 1.44 bits per heavy atom. The summed E-state index contributed by atoms with van der Waals surface area (Å²) in [4.78, 5) is 24.6. The molecule has 0 unspecified atom stereocenters. The van der Waals surface area contributed by atoms with E-state index < -0.39 is 27.9 Å². The minimum absolute atomic E-state index is 0.0256. The number of amides is 2. The lowest BCUT2D eigenvalue weighted by molar-refractivity contribution is -0.131. The van der Waals surface area contributed by atoms with Gasteiger partial charge in [-0.3, -0.25) is 9.59 Å². The first-order chi connectivity index (χ1) is 11.7. The molecule has 1 heterocycles. The number of hydrogen-bond acceptors (Lipinski definition) is 5. The quantitative estimate of drug-likeness (QED) is 0.823. The van der Waals surface area contributed by atoms with Gasteiger partial charge >= 0.3 is 0 Å². The maximum atomic E-state index is 13.0. The van der Waals surface area contributed by atoms with Crippen molar-refractivity contribution in [2.24, 2.45) is 0 Å². The third-order valence-electron chi connectivity index (χ3n) is 4.39. The summed E-state index contributed by atoms with van der Waals surface area (Å²) < 4.78 is 31.8. The molecule has 2 atom stereocenters. The maximum absolute atomic E-state index is 13.0. The molecule has 1 aliphatic rings. The highest BCUT2D eigenvalue weighted by molar-refractivity contribution is 7.89. The molecule has 1 aromatic carbocycles. The Balaban J connectivity index is 2.36. The van der Waals surface area contributed by atoms with Crippen molar-refractivity contribution in [1.29, 1.82) is 0 Å². The summed E-state index contributed by atoms with van der Waals surface area (Å²) in [5, 5.41) is 2.76. The third-order valence-corrected chi connectivity index (χ3v) is 6.21. The highest BCUT2D eigenvalue weighted by atomic mass is 32.2. The Hall–Kier alpha value is -2.09. The molecule has 7 nitrogen and oxygen atoms in total. The molecule has 0 radical (unpaired) electrons. The predicted octanol–water partition coefficient (Wildman–Crippen LogP) is 1.60. The predicted molar refractivity (Wildman–Crippen MR) is 92.7 cm³/mol. The second-order valence-electron chi connectivity index (χ2n) is 6.20. The van der Waals surface area contributed by atoms with Crippen LogP contribution < -0.4 is 10.1 Å². The fourth-order valence-corrected chi connectivity index (χ4v) is 4.46. The minimum atomic E-state index is -4.10.